The molecule has 0 spiro atoms. The highest BCUT2D eigenvalue weighted by Crippen LogP contribution is 2.17. The van der Waals surface area contributed by atoms with Crippen LogP contribution >= 0.6 is 0 Å². The van der Waals surface area contributed by atoms with Crippen LogP contribution in [0, 0.1) is 0 Å². The van der Waals surface area contributed by atoms with Crippen molar-refractivity contribution in [1.82, 2.24) is 5.32 Å². The van der Waals surface area contributed by atoms with E-state index in [9.17, 15) is 19.8 Å². The fourth-order valence-corrected chi connectivity index (χ4v) is 9.00. The number of ether oxygens (including phenoxy) is 1. The molecule has 0 aromatic carbocycles. The predicted octanol–water partition coefficient (Wildman–Crippen LogP) is 18.6. The van der Waals surface area contributed by atoms with Crippen molar-refractivity contribution in [1.29, 1.82) is 0 Å². The third kappa shape index (κ3) is 53.2. The summed E-state index contributed by atoms with van der Waals surface area (Å²) >= 11 is 0. The minimum Gasteiger partial charge on any atom is -0.465 e. The molecule has 1 amide bonds. The van der Waals surface area contributed by atoms with Gasteiger partial charge in [-0.15, -0.1) is 0 Å². The van der Waals surface area contributed by atoms with E-state index in [1.807, 2.05) is 6.08 Å². The molecule has 68 heavy (non-hydrogen) atoms. The predicted molar refractivity (Wildman–Crippen MR) is 296 cm³/mol. The van der Waals surface area contributed by atoms with Gasteiger partial charge < -0.3 is 20.3 Å². The number of rotatable bonds is 55. The second-order valence-electron chi connectivity index (χ2n) is 20.3. The van der Waals surface area contributed by atoms with Crippen molar-refractivity contribution in [3.05, 3.63) is 48.6 Å². The van der Waals surface area contributed by atoms with E-state index in [1.165, 1.54) is 231 Å². The van der Waals surface area contributed by atoms with E-state index in [4.69, 9.17) is 4.74 Å². The zero-order chi connectivity index (χ0) is 49.3. The highest BCUT2D eigenvalue weighted by atomic mass is 16.5. The van der Waals surface area contributed by atoms with Crippen LogP contribution in [0.3, 0.4) is 0 Å². The smallest absolute Gasteiger partial charge is 0.305 e. The van der Waals surface area contributed by atoms with Crippen LogP contribution in [0.25, 0.3) is 0 Å². The van der Waals surface area contributed by atoms with Gasteiger partial charge in [-0.1, -0.05) is 268 Å². The van der Waals surface area contributed by atoms with Crippen molar-refractivity contribution in [3.63, 3.8) is 0 Å². The summed E-state index contributed by atoms with van der Waals surface area (Å²) in [5.74, 6) is -0.118. The van der Waals surface area contributed by atoms with Gasteiger partial charge >= 0.3 is 5.97 Å². The van der Waals surface area contributed by atoms with Gasteiger partial charge in [0, 0.05) is 12.8 Å². The third-order valence-electron chi connectivity index (χ3n) is 13.6. The SMILES string of the molecule is CCCCC/C=C\CCCCCCCC(=O)OCC/C=C\C/C=C\CCCCCCCCCCCCCCCCC(=O)NC(CO)C(O)/C=C/CCCCCCCCCCCCCCCCCC. The molecule has 2 unspecified atom stereocenters. The molecule has 0 aromatic rings. The molecule has 0 fully saturated rings. The fourth-order valence-electron chi connectivity index (χ4n) is 9.00. The molecule has 0 radical (unpaired) electrons. The van der Waals surface area contributed by atoms with Crippen LogP contribution in [0.15, 0.2) is 48.6 Å². The average molecular weight is 955 g/mol. The number of nitrogens with one attached hydrogen (secondary N) is 1. The van der Waals surface area contributed by atoms with Crippen LogP contribution in [0.4, 0.5) is 0 Å². The summed E-state index contributed by atoms with van der Waals surface area (Å²) in [5, 5.41) is 23.2. The standard InChI is InChI=1S/C62H115NO5/c1-3-5-7-9-11-13-15-17-18-19-25-28-31-34-38-42-46-50-54-60(65)59(58-64)63-61(66)55-51-47-43-39-35-32-29-26-23-21-20-22-24-27-30-33-37-41-45-49-53-57-68-62(67)56-52-48-44-40-36-16-14-12-10-8-6-4-2/h12,14,33,37,45,49-50,54,59-60,64-65H,3-11,13,15-32,34-36,38-44,46-48,51-53,55-58H2,1-2H3,(H,63,66)/b14-12-,37-33-,49-45-,54-50+. The van der Waals surface area contributed by atoms with Crippen LogP contribution in [0.5, 0.6) is 0 Å². The average Bonchev–Trinajstić information content (AvgIpc) is 3.34. The first-order valence-electron chi connectivity index (χ1n) is 29.9. The number of carbonyl (C=O) groups is 2. The van der Waals surface area contributed by atoms with E-state index in [2.05, 4.69) is 55.6 Å². The van der Waals surface area contributed by atoms with Crippen molar-refractivity contribution in [2.45, 2.75) is 321 Å². The van der Waals surface area contributed by atoms with Gasteiger partial charge in [0.15, 0.2) is 0 Å². The zero-order valence-corrected chi connectivity index (χ0v) is 45.3. The zero-order valence-electron chi connectivity index (χ0n) is 45.3. The number of aliphatic hydroxyl groups excluding tert-OH is 2. The Balaban J connectivity index is 3.50. The van der Waals surface area contributed by atoms with Crippen molar-refractivity contribution < 1.29 is 24.5 Å². The van der Waals surface area contributed by atoms with Gasteiger partial charge in [0.1, 0.15) is 0 Å². The maximum atomic E-state index is 12.5. The topological polar surface area (TPSA) is 95.9 Å². The molecular weight excluding hydrogens is 839 g/mol. The highest BCUT2D eigenvalue weighted by molar-refractivity contribution is 5.76. The van der Waals surface area contributed by atoms with E-state index >= 15 is 0 Å². The third-order valence-corrected chi connectivity index (χ3v) is 13.6. The maximum Gasteiger partial charge on any atom is 0.305 e. The molecule has 398 valence electrons. The summed E-state index contributed by atoms with van der Waals surface area (Å²) in [7, 11) is 0. The lowest BCUT2D eigenvalue weighted by Crippen LogP contribution is -2.45. The number of hydrogen-bond donors (Lipinski definition) is 3. The molecule has 6 heteroatoms. The molecule has 2 atom stereocenters. The Morgan fingerprint density at radius 2 is 0.735 bits per heavy atom. The lowest BCUT2D eigenvalue weighted by molar-refractivity contribution is -0.143. The van der Waals surface area contributed by atoms with Gasteiger partial charge in [0.25, 0.3) is 0 Å². The summed E-state index contributed by atoms with van der Waals surface area (Å²) in [5.41, 5.74) is 0. The number of aliphatic hydroxyl groups is 2. The molecular formula is C62H115NO5. The number of allylic oxidation sites excluding steroid dienone is 6. The van der Waals surface area contributed by atoms with E-state index in [0.29, 0.717) is 19.4 Å². The summed E-state index contributed by atoms with van der Waals surface area (Å²) in [6, 6.07) is -0.633. The Labute approximate surface area is 423 Å². The number of esters is 1. The van der Waals surface area contributed by atoms with Gasteiger partial charge in [0.2, 0.25) is 5.91 Å². The Kier molecular flexibility index (Phi) is 55.6. The van der Waals surface area contributed by atoms with E-state index in [1.54, 1.807) is 6.08 Å². The molecule has 0 saturated carbocycles. The minimum absolute atomic E-state index is 0.0463. The second kappa shape index (κ2) is 57.4. The number of hydrogen-bond acceptors (Lipinski definition) is 5. The first-order valence-corrected chi connectivity index (χ1v) is 29.9. The first kappa shape index (κ1) is 65.8. The molecule has 0 aliphatic rings. The van der Waals surface area contributed by atoms with Crippen molar-refractivity contribution in [2.75, 3.05) is 13.2 Å². The first-order chi connectivity index (χ1) is 33.5. The molecule has 6 nitrogen and oxygen atoms in total. The summed E-state index contributed by atoms with van der Waals surface area (Å²) in [6.45, 7) is 4.77. The van der Waals surface area contributed by atoms with Crippen LogP contribution in [0.2, 0.25) is 0 Å². The summed E-state index contributed by atoms with van der Waals surface area (Å²) < 4.78 is 5.40. The lowest BCUT2D eigenvalue weighted by Gasteiger charge is -2.20. The fraction of sp³-hybridized carbons (Fsp3) is 0.839. The van der Waals surface area contributed by atoms with E-state index < -0.39 is 12.1 Å². The van der Waals surface area contributed by atoms with Crippen molar-refractivity contribution >= 4 is 11.9 Å². The largest absolute Gasteiger partial charge is 0.465 e. The number of carbonyl (C=O) groups excluding carboxylic acids is 2. The Bertz CT molecular complexity index is 1150. The highest BCUT2D eigenvalue weighted by Gasteiger charge is 2.18. The van der Waals surface area contributed by atoms with Crippen LogP contribution < -0.4 is 5.32 Å². The summed E-state index contributed by atoms with van der Waals surface area (Å²) in [4.78, 5) is 24.4. The van der Waals surface area contributed by atoms with Crippen LogP contribution in [-0.4, -0.2) is 47.4 Å². The molecule has 0 saturated heterocycles. The molecule has 0 aliphatic heterocycles. The normalized spacial score (nSPS) is 12.9. The van der Waals surface area contributed by atoms with E-state index in [0.717, 1.165) is 51.4 Å². The Hall–Kier alpha value is -2.18. The molecule has 0 aliphatic carbocycles. The number of amides is 1. The minimum atomic E-state index is -0.849. The lowest BCUT2D eigenvalue weighted by atomic mass is 10.0. The quantitative estimate of drug-likeness (QED) is 0.0321. The molecule has 0 aromatic heterocycles. The molecule has 0 rings (SSSR count). The molecule has 0 bridgehead atoms. The Morgan fingerprint density at radius 3 is 1.16 bits per heavy atom. The maximum absolute atomic E-state index is 12.5. The van der Waals surface area contributed by atoms with Gasteiger partial charge in [0.05, 0.1) is 25.4 Å². The van der Waals surface area contributed by atoms with Gasteiger partial charge in [-0.25, -0.2) is 0 Å². The van der Waals surface area contributed by atoms with Crippen LogP contribution in [0.1, 0.15) is 309 Å². The molecule has 0 heterocycles. The van der Waals surface area contributed by atoms with Gasteiger partial charge in [-0.2, -0.15) is 0 Å². The van der Waals surface area contributed by atoms with Gasteiger partial charge in [-0.3, -0.25) is 9.59 Å². The van der Waals surface area contributed by atoms with Crippen molar-refractivity contribution in [3.8, 4) is 0 Å². The molecule has 3 N–H and O–H groups in total. The van der Waals surface area contributed by atoms with Crippen molar-refractivity contribution in [2.24, 2.45) is 0 Å². The number of unbranched alkanes of at least 4 members (excludes halogenated alkanes) is 38. The van der Waals surface area contributed by atoms with E-state index in [-0.39, 0.29) is 18.5 Å². The Morgan fingerprint density at radius 1 is 0.412 bits per heavy atom. The van der Waals surface area contributed by atoms with Gasteiger partial charge in [-0.05, 0) is 77.0 Å². The second-order valence-corrected chi connectivity index (χ2v) is 20.3. The monoisotopic (exact) mass is 954 g/mol. The summed E-state index contributed by atoms with van der Waals surface area (Å²) in [6.07, 6.45) is 73.0. The van der Waals surface area contributed by atoms with Crippen LogP contribution in [-0.2, 0) is 14.3 Å².